The van der Waals surface area contributed by atoms with E-state index in [2.05, 4.69) is 41.2 Å². The van der Waals surface area contributed by atoms with E-state index in [9.17, 15) is 4.79 Å². The molecule has 0 radical (unpaired) electrons. The van der Waals surface area contributed by atoms with Crippen molar-refractivity contribution >= 4 is 34.2 Å². The highest BCUT2D eigenvalue weighted by atomic mass is 32.2. The van der Waals surface area contributed by atoms with E-state index in [1.54, 1.807) is 4.52 Å². The Morgan fingerprint density at radius 3 is 2.76 bits per heavy atom. The maximum absolute atomic E-state index is 12.1. The number of nitrogens with zero attached hydrogens (tertiary/aromatic N) is 4. The Kier molecular flexibility index (Phi) is 4.94. The molecule has 1 aromatic carbocycles. The third kappa shape index (κ3) is 4.28. The second-order valence-corrected chi connectivity index (χ2v) is 8.20. The van der Waals surface area contributed by atoms with Crippen LogP contribution in [0.3, 0.4) is 0 Å². The van der Waals surface area contributed by atoms with Crippen LogP contribution in [-0.2, 0) is 4.79 Å². The first kappa shape index (κ1) is 17.7. The van der Waals surface area contributed by atoms with Gasteiger partial charge in [0.1, 0.15) is 5.82 Å². The van der Waals surface area contributed by atoms with Crippen molar-refractivity contribution < 1.29 is 4.79 Å². The molecular weight excluding hydrogens is 334 g/mol. The van der Waals surface area contributed by atoms with Gasteiger partial charge in [0.15, 0.2) is 10.8 Å². The number of fused-ring (bicyclic) bond motifs is 3. The highest BCUT2D eigenvalue weighted by molar-refractivity contribution is 7.99. The van der Waals surface area contributed by atoms with Crippen molar-refractivity contribution in [3.63, 3.8) is 0 Å². The molecule has 1 N–H and O–H groups in total. The number of nitrogens with one attached hydrogen (secondary N) is 1. The van der Waals surface area contributed by atoms with Crippen LogP contribution in [-0.4, -0.2) is 37.8 Å². The number of hydrogen-bond acceptors (Lipinski definition) is 5. The predicted octanol–water partition coefficient (Wildman–Crippen LogP) is 3.23. The van der Waals surface area contributed by atoms with E-state index < -0.39 is 0 Å². The van der Waals surface area contributed by atoms with Crippen molar-refractivity contribution in [3.8, 4) is 0 Å². The molecule has 3 rings (SSSR count). The second kappa shape index (κ2) is 7.00. The standard InChI is InChI=1S/C18H23N5OS/c1-12-20-16-13-7-5-6-8-14(13)21-17(23(16)22-12)25-11-15(24)19-10-9-18(2,3)4/h5-8H,9-11H2,1-4H3,(H,19,24). The molecule has 6 nitrogen and oxygen atoms in total. The molecule has 0 aliphatic heterocycles. The molecule has 132 valence electrons. The molecular formula is C18H23N5OS. The lowest BCUT2D eigenvalue weighted by molar-refractivity contribution is -0.118. The third-order valence-electron chi connectivity index (χ3n) is 3.78. The van der Waals surface area contributed by atoms with Crippen molar-refractivity contribution in [1.82, 2.24) is 24.9 Å². The molecule has 0 spiro atoms. The summed E-state index contributed by atoms with van der Waals surface area (Å²) in [6.07, 6.45) is 0.949. The molecule has 0 saturated carbocycles. The van der Waals surface area contributed by atoms with E-state index in [0.29, 0.717) is 23.3 Å². The molecule has 1 amide bonds. The van der Waals surface area contributed by atoms with Crippen molar-refractivity contribution in [1.29, 1.82) is 0 Å². The molecule has 0 fully saturated rings. The molecule has 0 aliphatic carbocycles. The molecule has 3 aromatic rings. The molecule has 25 heavy (non-hydrogen) atoms. The number of carbonyl (C=O) groups excluding carboxylic acids is 1. The summed E-state index contributed by atoms with van der Waals surface area (Å²) in [6.45, 7) is 9.03. The second-order valence-electron chi connectivity index (χ2n) is 7.26. The number of para-hydroxylation sites is 1. The number of aryl methyl sites for hydroxylation is 1. The van der Waals surface area contributed by atoms with Gasteiger partial charge >= 0.3 is 0 Å². The van der Waals surface area contributed by atoms with Gasteiger partial charge in [0.25, 0.3) is 0 Å². The molecule has 0 bridgehead atoms. The summed E-state index contributed by atoms with van der Waals surface area (Å²) in [5.74, 6) is 1.01. The molecule has 2 heterocycles. The van der Waals surface area contributed by atoms with Crippen LogP contribution in [0.2, 0.25) is 0 Å². The van der Waals surface area contributed by atoms with E-state index in [4.69, 9.17) is 0 Å². The van der Waals surface area contributed by atoms with E-state index >= 15 is 0 Å². The summed E-state index contributed by atoms with van der Waals surface area (Å²) < 4.78 is 1.73. The monoisotopic (exact) mass is 357 g/mol. The first-order chi connectivity index (χ1) is 11.8. The SMILES string of the molecule is Cc1nc2c3ccccc3nc(SCC(=O)NCCC(C)(C)C)n2n1. The fourth-order valence-electron chi connectivity index (χ4n) is 2.48. The number of hydrogen-bond donors (Lipinski definition) is 1. The number of rotatable bonds is 5. The Balaban J connectivity index is 1.75. The molecule has 0 atom stereocenters. The van der Waals surface area contributed by atoms with Crippen LogP contribution in [0.5, 0.6) is 0 Å². The zero-order valence-electron chi connectivity index (χ0n) is 15.0. The normalized spacial score (nSPS) is 12.0. The van der Waals surface area contributed by atoms with Gasteiger partial charge in [-0.25, -0.2) is 9.97 Å². The minimum atomic E-state index is 0.00851. The Bertz CT molecular complexity index is 913. The number of thioether (sulfide) groups is 1. The molecule has 0 aliphatic rings. The first-order valence-electron chi connectivity index (χ1n) is 8.35. The fraction of sp³-hybridized carbons (Fsp3) is 0.444. The van der Waals surface area contributed by atoms with Gasteiger partial charge in [-0.1, -0.05) is 44.7 Å². The van der Waals surface area contributed by atoms with E-state index in [-0.39, 0.29) is 11.3 Å². The van der Waals surface area contributed by atoms with Gasteiger partial charge in [-0.05, 0) is 30.9 Å². The summed E-state index contributed by atoms with van der Waals surface area (Å²) in [5, 5.41) is 9.03. The van der Waals surface area contributed by atoms with Crippen LogP contribution in [0.25, 0.3) is 16.6 Å². The van der Waals surface area contributed by atoms with E-state index in [1.165, 1.54) is 11.8 Å². The quantitative estimate of drug-likeness (QED) is 0.561. The van der Waals surface area contributed by atoms with E-state index in [1.807, 2.05) is 31.2 Å². The largest absolute Gasteiger partial charge is 0.355 e. The van der Waals surface area contributed by atoms with Gasteiger partial charge in [-0.2, -0.15) is 4.52 Å². The average molecular weight is 357 g/mol. The third-order valence-corrected chi connectivity index (χ3v) is 4.71. The van der Waals surface area contributed by atoms with Gasteiger partial charge in [0.05, 0.1) is 11.3 Å². The van der Waals surface area contributed by atoms with Crippen LogP contribution < -0.4 is 5.32 Å². The Labute approximate surface area is 151 Å². The van der Waals surface area contributed by atoms with Crippen molar-refractivity contribution in [2.75, 3.05) is 12.3 Å². The van der Waals surface area contributed by atoms with Crippen molar-refractivity contribution in [2.45, 2.75) is 39.3 Å². The van der Waals surface area contributed by atoms with Gasteiger partial charge < -0.3 is 5.32 Å². The molecule has 0 saturated heterocycles. The van der Waals surface area contributed by atoms with Crippen LogP contribution in [0.15, 0.2) is 29.4 Å². The summed E-state index contributed by atoms with van der Waals surface area (Å²) in [4.78, 5) is 21.3. The molecule has 2 aromatic heterocycles. The number of benzene rings is 1. The highest BCUT2D eigenvalue weighted by Crippen LogP contribution is 2.23. The van der Waals surface area contributed by atoms with Gasteiger partial charge in [-0.15, -0.1) is 5.10 Å². The smallest absolute Gasteiger partial charge is 0.230 e. The zero-order chi connectivity index (χ0) is 18.0. The molecule has 7 heteroatoms. The zero-order valence-corrected chi connectivity index (χ0v) is 15.9. The van der Waals surface area contributed by atoms with Crippen LogP contribution in [0.1, 0.15) is 33.0 Å². The van der Waals surface area contributed by atoms with E-state index in [0.717, 1.165) is 23.0 Å². The number of amides is 1. The Morgan fingerprint density at radius 2 is 2.00 bits per heavy atom. The Morgan fingerprint density at radius 1 is 1.24 bits per heavy atom. The van der Waals surface area contributed by atoms with Crippen molar-refractivity contribution in [2.24, 2.45) is 5.41 Å². The van der Waals surface area contributed by atoms with Gasteiger partial charge in [0.2, 0.25) is 5.91 Å². The number of carbonyl (C=O) groups is 1. The minimum absolute atomic E-state index is 0.00851. The Hall–Kier alpha value is -2.15. The summed E-state index contributed by atoms with van der Waals surface area (Å²) in [5.41, 5.74) is 1.85. The van der Waals surface area contributed by atoms with Crippen LogP contribution in [0, 0.1) is 12.3 Å². The van der Waals surface area contributed by atoms with Gasteiger partial charge in [-0.3, -0.25) is 4.79 Å². The predicted molar refractivity (Wildman–Crippen MR) is 101 cm³/mol. The minimum Gasteiger partial charge on any atom is -0.355 e. The number of aromatic nitrogens is 4. The summed E-state index contributed by atoms with van der Waals surface area (Å²) in [7, 11) is 0. The average Bonchev–Trinajstić information content (AvgIpc) is 2.93. The summed E-state index contributed by atoms with van der Waals surface area (Å²) in [6, 6.07) is 7.85. The highest BCUT2D eigenvalue weighted by Gasteiger charge is 2.14. The fourth-order valence-corrected chi connectivity index (χ4v) is 3.26. The topological polar surface area (TPSA) is 72.2 Å². The lowest BCUT2D eigenvalue weighted by Crippen LogP contribution is -2.28. The van der Waals surface area contributed by atoms with Crippen molar-refractivity contribution in [3.05, 3.63) is 30.1 Å². The lowest BCUT2D eigenvalue weighted by atomic mass is 9.92. The van der Waals surface area contributed by atoms with Crippen LogP contribution >= 0.6 is 11.8 Å². The van der Waals surface area contributed by atoms with Crippen LogP contribution in [0.4, 0.5) is 0 Å². The van der Waals surface area contributed by atoms with Gasteiger partial charge in [0, 0.05) is 11.9 Å². The first-order valence-corrected chi connectivity index (χ1v) is 9.34. The lowest BCUT2D eigenvalue weighted by Gasteiger charge is -2.17. The molecule has 0 unspecified atom stereocenters. The maximum Gasteiger partial charge on any atom is 0.230 e. The maximum atomic E-state index is 12.1. The summed E-state index contributed by atoms with van der Waals surface area (Å²) >= 11 is 1.38.